The van der Waals surface area contributed by atoms with Gasteiger partial charge in [0.25, 0.3) is 5.56 Å². The number of pyridine rings is 1. The van der Waals surface area contributed by atoms with Crippen molar-refractivity contribution in [1.82, 2.24) is 4.57 Å². The number of benzene rings is 2. The quantitative estimate of drug-likeness (QED) is 0.516. The van der Waals surface area contributed by atoms with Crippen LogP contribution < -0.4 is 15.0 Å². The molecular formula is C26H27NO7. The first kappa shape index (κ1) is 23.2. The number of aromatic hydroxyl groups is 2. The number of esters is 1. The number of methoxy groups -OCH3 is 1. The van der Waals surface area contributed by atoms with E-state index in [1.54, 1.807) is 54.0 Å². The molecule has 0 bridgehead atoms. The normalized spacial score (nSPS) is 13.4. The molecule has 0 unspecified atom stereocenters. The summed E-state index contributed by atoms with van der Waals surface area (Å²) in [6.07, 6.45) is 0.427. The SMILES string of the molecule is COC(=O)C[C@H](c1ccc2c(c1)OCCO2)c1c(O)cc(C)n(CCc2ccc(O)cc2)c1=O. The Morgan fingerprint density at radius 2 is 1.76 bits per heavy atom. The number of nitrogens with zero attached hydrogens (tertiary/aromatic N) is 1. The minimum absolute atomic E-state index is 0.124. The van der Waals surface area contributed by atoms with Crippen LogP contribution in [0.1, 0.15) is 34.7 Å². The average Bonchev–Trinajstić information content (AvgIpc) is 2.83. The smallest absolute Gasteiger partial charge is 0.306 e. The number of hydrogen-bond donors (Lipinski definition) is 2. The third-order valence-electron chi connectivity index (χ3n) is 6.00. The molecule has 1 atom stereocenters. The highest BCUT2D eigenvalue weighted by Gasteiger charge is 2.28. The predicted octanol–water partition coefficient (Wildman–Crippen LogP) is 3.28. The van der Waals surface area contributed by atoms with Gasteiger partial charge in [0, 0.05) is 18.2 Å². The zero-order valence-corrected chi connectivity index (χ0v) is 19.1. The topological polar surface area (TPSA) is 107 Å². The van der Waals surface area contributed by atoms with Gasteiger partial charge >= 0.3 is 5.97 Å². The molecule has 0 saturated carbocycles. The Morgan fingerprint density at radius 1 is 1.06 bits per heavy atom. The minimum Gasteiger partial charge on any atom is -0.508 e. The largest absolute Gasteiger partial charge is 0.508 e. The molecule has 34 heavy (non-hydrogen) atoms. The lowest BCUT2D eigenvalue weighted by Gasteiger charge is -2.23. The van der Waals surface area contributed by atoms with Crippen molar-refractivity contribution in [2.45, 2.75) is 32.2 Å². The lowest BCUT2D eigenvalue weighted by Crippen LogP contribution is -2.29. The fraction of sp³-hybridized carbons (Fsp3) is 0.308. The molecule has 178 valence electrons. The summed E-state index contributed by atoms with van der Waals surface area (Å²) in [4.78, 5) is 25.9. The van der Waals surface area contributed by atoms with E-state index in [9.17, 15) is 19.8 Å². The van der Waals surface area contributed by atoms with Crippen molar-refractivity contribution in [3.63, 3.8) is 0 Å². The molecule has 0 aliphatic carbocycles. The number of phenolic OH excluding ortho intramolecular Hbond substituents is 1. The fourth-order valence-electron chi connectivity index (χ4n) is 4.19. The lowest BCUT2D eigenvalue weighted by atomic mass is 9.88. The lowest BCUT2D eigenvalue weighted by molar-refractivity contribution is -0.140. The number of carbonyl (C=O) groups excluding carboxylic acids is 1. The number of aryl methyl sites for hydroxylation is 2. The van der Waals surface area contributed by atoms with Gasteiger partial charge in [0.15, 0.2) is 11.5 Å². The number of phenols is 1. The van der Waals surface area contributed by atoms with Crippen LogP contribution in [0.5, 0.6) is 23.0 Å². The Kier molecular flexibility index (Phi) is 6.77. The maximum atomic E-state index is 13.6. The number of fused-ring (bicyclic) bond motifs is 1. The van der Waals surface area contributed by atoms with Crippen molar-refractivity contribution in [3.8, 4) is 23.0 Å². The van der Waals surface area contributed by atoms with Gasteiger partial charge < -0.3 is 29.0 Å². The molecule has 2 N–H and O–H groups in total. The molecule has 0 spiro atoms. The third-order valence-corrected chi connectivity index (χ3v) is 6.00. The van der Waals surface area contributed by atoms with Crippen molar-refractivity contribution in [3.05, 3.63) is 81.3 Å². The van der Waals surface area contributed by atoms with E-state index in [1.165, 1.54) is 13.2 Å². The first-order chi connectivity index (χ1) is 16.4. The summed E-state index contributed by atoms with van der Waals surface area (Å²) in [6.45, 7) is 2.97. The highest BCUT2D eigenvalue weighted by Crippen LogP contribution is 2.38. The van der Waals surface area contributed by atoms with E-state index < -0.39 is 11.9 Å². The zero-order valence-electron chi connectivity index (χ0n) is 19.1. The van der Waals surface area contributed by atoms with Crippen LogP contribution in [0.2, 0.25) is 0 Å². The fourth-order valence-corrected chi connectivity index (χ4v) is 4.19. The molecule has 4 rings (SSSR count). The summed E-state index contributed by atoms with van der Waals surface area (Å²) in [5.74, 6) is -0.128. The minimum atomic E-state index is -0.740. The number of rotatable bonds is 7. The Balaban J connectivity index is 1.74. The summed E-state index contributed by atoms with van der Waals surface area (Å²) >= 11 is 0. The van der Waals surface area contributed by atoms with Gasteiger partial charge in [-0.25, -0.2) is 0 Å². The van der Waals surface area contributed by atoms with Crippen LogP contribution in [-0.4, -0.2) is 41.1 Å². The van der Waals surface area contributed by atoms with E-state index in [-0.39, 0.29) is 29.0 Å². The summed E-state index contributed by atoms with van der Waals surface area (Å²) in [5, 5.41) is 20.3. The summed E-state index contributed by atoms with van der Waals surface area (Å²) in [7, 11) is 1.29. The molecule has 8 heteroatoms. The molecule has 0 radical (unpaired) electrons. The summed E-state index contributed by atoms with van der Waals surface area (Å²) < 4.78 is 17.7. The van der Waals surface area contributed by atoms with E-state index in [0.717, 1.165) is 5.56 Å². The molecular weight excluding hydrogens is 438 g/mol. The van der Waals surface area contributed by atoms with E-state index >= 15 is 0 Å². The molecule has 2 heterocycles. The van der Waals surface area contributed by atoms with E-state index in [4.69, 9.17) is 14.2 Å². The standard InChI is InChI=1S/C26H27NO7/c1-16-13-21(29)25(26(31)27(16)10-9-17-3-6-19(28)7-4-17)20(15-24(30)32-2)18-5-8-22-23(14-18)34-12-11-33-22/h3-8,13-14,20,28-29H,9-12,15H2,1-2H3/t20-/m1/s1. The van der Waals surface area contributed by atoms with Crippen LogP contribution >= 0.6 is 0 Å². The first-order valence-corrected chi connectivity index (χ1v) is 11.0. The maximum absolute atomic E-state index is 13.6. The van der Waals surface area contributed by atoms with Gasteiger partial charge in [0.05, 0.1) is 19.1 Å². The number of ether oxygens (including phenoxy) is 3. The van der Waals surface area contributed by atoms with E-state index in [1.807, 2.05) is 0 Å². The first-order valence-electron chi connectivity index (χ1n) is 11.0. The summed E-state index contributed by atoms with van der Waals surface area (Å²) in [6, 6.07) is 13.6. The van der Waals surface area contributed by atoms with Crippen LogP contribution in [0.4, 0.5) is 0 Å². The monoisotopic (exact) mass is 465 g/mol. The van der Waals surface area contributed by atoms with Gasteiger partial charge in [-0.2, -0.15) is 0 Å². The van der Waals surface area contributed by atoms with Gasteiger partial charge in [-0.05, 0) is 54.8 Å². The molecule has 1 aromatic heterocycles. The Labute approximate surface area is 197 Å². The predicted molar refractivity (Wildman–Crippen MR) is 125 cm³/mol. The Morgan fingerprint density at radius 3 is 2.47 bits per heavy atom. The molecule has 1 aliphatic heterocycles. The van der Waals surface area contributed by atoms with Crippen molar-refractivity contribution < 1.29 is 29.2 Å². The van der Waals surface area contributed by atoms with Crippen molar-refractivity contribution in [2.75, 3.05) is 20.3 Å². The van der Waals surface area contributed by atoms with Crippen molar-refractivity contribution in [2.24, 2.45) is 0 Å². The molecule has 0 amide bonds. The molecule has 0 fully saturated rings. The Hall–Kier alpha value is -3.94. The second-order valence-corrected chi connectivity index (χ2v) is 8.19. The van der Waals surface area contributed by atoms with Gasteiger partial charge in [-0.3, -0.25) is 9.59 Å². The van der Waals surface area contributed by atoms with Gasteiger partial charge in [0.2, 0.25) is 0 Å². The van der Waals surface area contributed by atoms with Crippen LogP contribution in [0.25, 0.3) is 0 Å². The second-order valence-electron chi connectivity index (χ2n) is 8.19. The Bertz CT molecular complexity index is 1250. The van der Waals surface area contributed by atoms with Crippen LogP contribution in [0.15, 0.2) is 53.3 Å². The maximum Gasteiger partial charge on any atom is 0.306 e. The highest BCUT2D eigenvalue weighted by molar-refractivity contribution is 5.71. The van der Waals surface area contributed by atoms with Gasteiger partial charge in [0.1, 0.15) is 24.7 Å². The molecule has 1 aliphatic rings. The van der Waals surface area contributed by atoms with Crippen molar-refractivity contribution >= 4 is 5.97 Å². The van der Waals surface area contributed by atoms with Crippen LogP contribution in [-0.2, 0) is 22.5 Å². The second kappa shape index (κ2) is 9.91. The number of aromatic nitrogens is 1. The van der Waals surface area contributed by atoms with Crippen LogP contribution in [0.3, 0.4) is 0 Å². The number of carbonyl (C=O) groups is 1. The highest BCUT2D eigenvalue weighted by atomic mass is 16.6. The average molecular weight is 466 g/mol. The number of hydrogen-bond acceptors (Lipinski definition) is 7. The van der Waals surface area contributed by atoms with E-state index in [0.29, 0.717) is 48.9 Å². The van der Waals surface area contributed by atoms with Gasteiger partial charge in [-0.15, -0.1) is 0 Å². The van der Waals surface area contributed by atoms with Crippen LogP contribution in [0, 0.1) is 6.92 Å². The molecule has 2 aromatic carbocycles. The summed E-state index contributed by atoms with van der Waals surface area (Å²) in [5.41, 5.74) is 1.94. The molecule has 3 aromatic rings. The molecule has 0 saturated heterocycles. The van der Waals surface area contributed by atoms with Gasteiger partial charge in [-0.1, -0.05) is 18.2 Å². The third kappa shape index (κ3) is 4.85. The zero-order chi connectivity index (χ0) is 24.2. The van der Waals surface area contributed by atoms with E-state index in [2.05, 4.69) is 0 Å². The molecule has 8 nitrogen and oxygen atoms in total. The van der Waals surface area contributed by atoms with Crippen molar-refractivity contribution in [1.29, 1.82) is 0 Å².